The Hall–Kier alpha value is -5.68. The van der Waals surface area contributed by atoms with E-state index in [-0.39, 0.29) is 46.2 Å². The largest absolute Gasteiger partial charge is 0.523 e. The molecule has 1 N–H and O–H groups in total. The molecule has 0 amide bonds. The summed E-state index contributed by atoms with van der Waals surface area (Å²) in [4.78, 5) is 0. The summed E-state index contributed by atoms with van der Waals surface area (Å²) in [6.45, 7) is -0.520. The molecule has 6 aromatic rings. The van der Waals surface area contributed by atoms with Crippen LogP contribution in [0.15, 0.2) is 182 Å². The third-order valence-electron chi connectivity index (χ3n) is 12.4. The number of alkyl halides is 6. The minimum atomic E-state index is -6.29. The zero-order valence-electron chi connectivity index (χ0n) is 43.4. The molecular weight excluding hydrogens is 1120 g/mol. The highest BCUT2D eigenvalue weighted by molar-refractivity contribution is 7.87. The van der Waals surface area contributed by atoms with Gasteiger partial charge in [0.05, 0.1) is 52.9 Å². The Kier molecular flexibility index (Phi) is 23.3. The van der Waals surface area contributed by atoms with E-state index in [0.717, 1.165) is 22.3 Å². The maximum atomic E-state index is 14.4. The highest BCUT2D eigenvalue weighted by atomic mass is 32.2. The second-order valence-corrected chi connectivity index (χ2v) is 21.3. The number of methoxy groups -OCH3 is 1. The molecule has 10 atom stereocenters. The molecule has 16 nitrogen and oxygen atoms in total. The SMILES string of the molecule is CO[C@H]1O[C@H](COCc2ccccc2)[C@@H](O[C@H]2O[C@H](COCc3ccccc3)[C@H](OS(=O)(=O)C(F)(F)F)[C@H](OCc3ccccc3)[C@H]2OCc2ccccc2)[C@H](OCc2ccccc2)[C@H]1OCc1ccccc1.O=S(=O)(O)C(F)(F)F. The molecule has 0 radical (unpaired) electrons. The van der Waals surface area contributed by atoms with Crippen LogP contribution in [0.25, 0.3) is 0 Å². The molecular formula is C57H60F6O16S2. The summed E-state index contributed by atoms with van der Waals surface area (Å²) < 4.78 is 198. The predicted octanol–water partition coefficient (Wildman–Crippen LogP) is 9.87. The van der Waals surface area contributed by atoms with Crippen molar-refractivity contribution in [2.24, 2.45) is 0 Å². The van der Waals surface area contributed by atoms with Gasteiger partial charge < -0.3 is 47.4 Å². The van der Waals surface area contributed by atoms with Gasteiger partial charge >= 0.3 is 31.3 Å². The topological polar surface area (TPSA) is 190 Å². The molecule has 0 spiro atoms. The van der Waals surface area contributed by atoms with Crippen molar-refractivity contribution in [2.45, 2.75) is 112 Å². The van der Waals surface area contributed by atoms with E-state index in [1.165, 1.54) is 7.11 Å². The van der Waals surface area contributed by atoms with Crippen LogP contribution in [0.3, 0.4) is 0 Å². The molecule has 438 valence electrons. The van der Waals surface area contributed by atoms with Crippen LogP contribution in [-0.2, 0) is 111 Å². The third-order valence-corrected chi connectivity index (χ3v) is 14.1. The summed E-state index contributed by atoms with van der Waals surface area (Å²) >= 11 is 0. The molecule has 24 heteroatoms. The summed E-state index contributed by atoms with van der Waals surface area (Å²) in [5.41, 5.74) is -6.75. The summed E-state index contributed by atoms with van der Waals surface area (Å²) in [6, 6.07) is 55.4. The first-order valence-corrected chi connectivity index (χ1v) is 28.0. The molecule has 2 fully saturated rings. The van der Waals surface area contributed by atoms with E-state index in [0.29, 0.717) is 11.1 Å². The fraction of sp³-hybridized carbons (Fsp3) is 0.368. The van der Waals surface area contributed by atoms with Crippen LogP contribution in [0.5, 0.6) is 0 Å². The molecule has 8 rings (SSSR count). The molecule has 0 aromatic heterocycles. The monoisotopic (exact) mass is 1180 g/mol. The van der Waals surface area contributed by atoms with Crippen molar-refractivity contribution in [1.29, 1.82) is 0 Å². The van der Waals surface area contributed by atoms with Gasteiger partial charge in [0, 0.05) is 7.11 Å². The Morgan fingerprint density at radius 3 is 1.01 bits per heavy atom. The fourth-order valence-corrected chi connectivity index (χ4v) is 9.13. The van der Waals surface area contributed by atoms with E-state index >= 15 is 0 Å². The molecule has 81 heavy (non-hydrogen) atoms. The number of ether oxygens (including phenoxy) is 10. The van der Waals surface area contributed by atoms with Crippen LogP contribution in [0.2, 0.25) is 0 Å². The first-order chi connectivity index (χ1) is 38.8. The van der Waals surface area contributed by atoms with Gasteiger partial charge in [-0.25, -0.2) is 0 Å². The van der Waals surface area contributed by atoms with E-state index < -0.39 is 99.3 Å². The molecule has 6 aromatic carbocycles. The molecule has 2 saturated heterocycles. The van der Waals surface area contributed by atoms with Gasteiger partial charge in [0.15, 0.2) is 12.6 Å². The molecule has 0 bridgehead atoms. The number of hydrogen-bond acceptors (Lipinski definition) is 15. The predicted molar refractivity (Wildman–Crippen MR) is 279 cm³/mol. The van der Waals surface area contributed by atoms with Crippen LogP contribution in [0.4, 0.5) is 26.3 Å². The summed E-state index contributed by atoms with van der Waals surface area (Å²) in [7, 11) is -10.6. The standard InChI is InChI=1S/C56H59F3O13S.CHF3O3S/c1-62-54-52(67-36-44-28-16-6-17-29-44)50(65-34-42-24-12-4-13-25-42)48(46(69-54)38-63-32-40-20-8-2-9-21-40)71-55-53(68-37-45-30-18-7-19-31-45)51(66-35-43-26-14-5-15-27-43)49(72-73(60,61)56(57,58)59)47(70-55)39-64-33-41-22-10-3-11-23-41;2-1(3,4)8(5,6)7/h2-31,46-55H,32-39H2,1H3;(H,5,6,7)/t46-,47-,48-,49+,50+,51+,52-,53-,54+,55-;/m1./s1. The highest BCUT2D eigenvalue weighted by Crippen LogP contribution is 2.38. The Labute approximate surface area is 465 Å². The van der Waals surface area contributed by atoms with E-state index in [9.17, 15) is 34.8 Å². The quantitative estimate of drug-likeness (QED) is 0.0246. The Morgan fingerprint density at radius 1 is 0.407 bits per heavy atom. The van der Waals surface area contributed by atoms with Crippen molar-refractivity contribution in [2.75, 3.05) is 20.3 Å². The van der Waals surface area contributed by atoms with Gasteiger partial charge in [-0.05, 0) is 33.4 Å². The maximum Gasteiger partial charge on any atom is 0.523 e. The lowest BCUT2D eigenvalue weighted by atomic mass is 9.96. The van der Waals surface area contributed by atoms with Crippen molar-refractivity contribution in [1.82, 2.24) is 0 Å². The first-order valence-electron chi connectivity index (χ1n) is 25.2. The Balaban J connectivity index is 0.00000110. The minimum absolute atomic E-state index is 0.0139. The van der Waals surface area contributed by atoms with Crippen LogP contribution in [-0.4, -0.2) is 114 Å². The van der Waals surface area contributed by atoms with Gasteiger partial charge in [0.2, 0.25) is 0 Å². The zero-order valence-corrected chi connectivity index (χ0v) is 45.0. The molecule has 2 aliphatic heterocycles. The molecule has 0 saturated carbocycles. The second kappa shape index (κ2) is 30.0. The normalized spacial score (nSPS) is 23.5. The number of halogens is 6. The van der Waals surface area contributed by atoms with Crippen LogP contribution in [0, 0.1) is 0 Å². The number of rotatable bonds is 25. The molecule has 2 heterocycles. The highest BCUT2D eigenvalue weighted by Gasteiger charge is 2.58. The molecule has 0 unspecified atom stereocenters. The van der Waals surface area contributed by atoms with Crippen molar-refractivity contribution >= 4 is 20.2 Å². The number of benzene rings is 6. The van der Waals surface area contributed by atoms with Crippen molar-refractivity contribution in [3.8, 4) is 0 Å². The van der Waals surface area contributed by atoms with Gasteiger partial charge in [0.1, 0.15) is 48.8 Å². The summed E-state index contributed by atoms with van der Waals surface area (Å²) in [5, 5.41) is 0. The van der Waals surface area contributed by atoms with Gasteiger partial charge in [-0.3, -0.25) is 8.74 Å². The van der Waals surface area contributed by atoms with Gasteiger partial charge in [-0.1, -0.05) is 182 Å². The average molecular weight is 1180 g/mol. The van der Waals surface area contributed by atoms with Gasteiger partial charge in [-0.2, -0.15) is 43.2 Å². The molecule has 2 aliphatic rings. The summed E-state index contributed by atoms with van der Waals surface area (Å²) in [6.07, 6.45) is -13.4. The van der Waals surface area contributed by atoms with Crippen molar-refractivity contribution in [3.05, 3.63) is 215 Å². The fourth-order valence-electron chi connectivity index (χ4n) is 8.49. The zero-order chi connectivity index (χ0) is 57.9. The van der Waals surface area contributed by atoms with E-state index in [2.05, 4.69) is 0 Å². The van der Waals surface area contributed by atoms with E-state index in [1.54, 1.807) is 78.9 Å². The Bertz CT molecular complexity index is 2980. The van der Waals surface area contributed by atoms with Crippen LogP contribution in [0.1, 0.15) is 33.4 Å². The van der Waals surface area contributed by atoms with Crippen molar-refractivity contribution in [3.63, 3.8) is 0 Å². The lowest BCUT2D eigenvalue weighted by Gasteiger charge is -2.50. The average Bonchev–Trinajstić information content (AvgIpc) is 3.64. The van der Waals surface area contributed by atoms with Crippen molar-refractivity contribution < 1.29 is 99.3 Å². The van der Waals surface area contributed by atoms with Crippen LogP contribution < -0.4 is 0 Å². The van der Waals surface area contributed by atoms with E-state index in [4.69, 9.17) is 64.5 Å². The molecule has 0 aliphatic carbocycles. The first kappa shape index (κ1) is 62.9. The van der Waals surface area contributed by atoms with Crippen LogP contribution >= 0.6 is 0 Å². The third kappa shape index (κ3) is 18.9. The lowest BCUT2D eigenvalue weighted by molar-refractivity contribution is -0.372. The smallest absolute Gasteiger partial charge is 0.374 e. The maximum absolute atomic E-state index is 14.4. The Morgan fingerprint density at radius 2 is 0.691 bits per heavy atom. The minimum Gasteiger partial charge on any atom is -0.374 e. The van der Waals surface area contributed by atoms with Gasteiger partial charge in [-0.15, -0.1) is 0 Å². The lowest BCUT2D eigenvalue weighted by Crippen LogP contribution is -2.66. The summed E-state index contributed by atoms with van der Waals surface area (Å²) in [5.74, 6) is 0. The van der Waals surface area contributed by atoms with Gasteiger partial charge in [0.25, 0.3) is 0 Å². The second-order valence-electron chi connectivity index (χ2n) is 18.4. The van der Waals surface area contributed by atoms with E-state index in [1.807, 2.05) is 103 Å². The number of hydrogen-bond donors (Lipinski definition) is 1.